The van der Waals surface area contributed by atoms with Crippen molar-refractivity contribution < 1.29 is 33.9 Å². The van der Waals surface area contributed by atoms with Gasteiger partial charge in [-0.1, -0.05) is 87.1 Å². The normalized spacial score (nSPS) is 19.5. The van der Waals surface area contributed by atoms with E-state index in [4.69, 9.17) is 23.7 Å². The molecule has 2 aliphatic rings. The van der Waals surface area contributed by atoms with Gasteiger partial charge in [-0.15, -0.1) is 0 Å². The molecule has 0 saturated heterocycles. The largest absolute Gasteiger partial charge is 0.507 e. The van der Waals surface area contributed by atoms with E-state index in [-0.39, 0.29) is 23.7 Å². The van der Waals surface area contributed by atoms with E-state index in [1.165, 1.54) is 11.1 Å². The molecule has 0 saturated carbocycles. The van der Waals surface area contributed by atoms with E-state index in [0.29, 0.717) is 64.4 Å². The van der Waals surface area contributed by atoms with Crippen LogP contribution >= 0.6 is 0 Å². The van der Waals surface area contributed by atoms with Crippen LogP contribution in [0.15, 0.2) is 71.9 Å². The number of phenolic OH excluding ortho intramolecular Hbond substituents is 2. The van der Waals surface area contributed by atoms with Crippen molar-refractivity contribution in [1.82, 2.24) is 0 Å². The van der Waals surface area contributed by atoms with Gasteiger partial charge in [0, 0.05) is 23.0 Å². The van der Waals surface area contributed by atoms with Crippen molar-refractivity contribution in [3.05, 3.63) is 94.1 Å². The van der Waals surface area contributed by atoms with Crippen LogP contribution in [0, 0.1) is 11.8 Å². The maximum Gasteiger partial charge on any atom is 0.127 e. The molecule has 0 aromatic heterocycles. The van der Waals surface area contributed by atoms with Crippen LogP contribution in [0.5, 0.6) is 23.0 Å². The Bertz CT molecular complexity index is 1520. The SMILES string of the molecule is C=C(C)[C@@H]1CCC(C)=C[C@H]1c1c(O)cc(CCCCC)cc1OCCOCCOCCOCCOc1cc(CCCCC)cc(O)c1[C@@H]1C=C(C)CC[C@H]1C(=C)C. The van der Waals surface area contributed by atoms with Crippen molar-refractivity contribution >= 4 is 0 Å². The number of allylic oxidation sites excluding steroid dienone is 6. The van der Waals surface area contributed by atoms with Gasteiger partial charge in [0.1, 0.15) is 36.2 Å². The van der Waals surface area contributed by atoms with Crippen LogP contribution in [-0.4, -0.2) is 63.1 Å². The summed E-state index contributed by atoms with van der Waals surface area (Å²) < 4.78 is 30.2. The summed E-state index contributed by atoms with van der Waals surface area (Å²) in [5.74, 6) is 2.71. The molecule has 0 radical (unpaired) electrons. The fraction of sp³-hybridized carbons (Fsp3) is 0.600. The number of hydrogen-bond acceptors (Lipinski definition) is 7. The number of phenols is 2. The summed E-state index contributed by atoms with van der Waals surface area (Å²) in [7, 11) is 0. The van der Waals surface area contributed by atoms with Crippen molar-refractivity contribution in [2.45, 2.75) is 130 Å². The minimum absolute atomic E-state index is 0.0363. The third-order valence-corrected chi connectivity index (χ3v) is 11.6. The number of benzene rings is 2. The van der Waals surface area contributed by atoms with Crippen LogP contribution in [0.2, 0.25) is 0 Å². The summed E-state index contributed by atoms with van der Waals surface area (Å²) in [5, 5.41) is 22.7. The van der Waals surface area contributed by atoms with E-state index in [0.717, 1.165) is 122 Å². The number of rotatable bonds is 26. The molecule has 7 heteroatoms. The van der Waals surface area contributed by atoms with Crippen molar-refractivity contribution in [1.29, 1.82) is 0 Å². The molecule has 4 atom stereocenters. The summed E-state index contributed by atoms with van der Waals surface area (Å²) >= 11 is 0. The molecule has 57 heavy (non-hydrogen) atoms. The first-order chi connectivity index (χ1) is 27.5. The highest BCUT2D eigenvalue weighted by Gasteiger charge is 2.32. The second-order valence-electron chi connectivity index (χ2n) is 16.6. The van der Waals surface area contributed by atoms with Crippen LogP contribution in [-0.2, 0) is 27.1 Å². The van der Waals surface area contributed by atoms with E-state index >= 15 is 0 Å². The first-order valence-electron chi connectivity index (χ1n) is 21.9. The van der Waals surface area contributed by atoms with Gasteiger partial charge in [0.2, 0.25) is 0 Å². The Morgan fingerprint density at radius 3 is 1.30 bits per heavy atom. The lowest BCUT2D eigenvalue weighted by atomic mass is 9.73. The molecule has 2 aromatic rings. The minimum atomic E-state index is 0.0363. The molecule has 2 aromatic carbocycles. The summed E-state index contributed by atoms with van der Waals surface area (Å²) in [6.45, 7) is 24.9. The van der Waals surface area contributed by atoms with Crippen molar-refractivity contribution in [2.24, 2.45) is 11.8 Å². The highest BCUT2D eigenvalue weighted by atomic mass is 16.6. The van der Waals surface area contributed by atoms with Crippen LogP contribution in [0.4, 0.5) is 0 Å². The predicted octanol–water partition coefficient (Wildman–Crippen LogP) is 12.1. The lowest BCUT2D eigenvalue weighted by molar-refractivity contribution is 0.00485. The van der Waals surface area contributed by atoms with Crippen LogP contribution in [0.1, 0.15) is 140 Å². The van der Waals surface area contributed by atoms with Crippen LogP contribution in [0.3, 0.4) is 0 Å². The Labute approximate surface area is 345 Å². The van der Waals surface area contributed by atoms with Gasteiger partial charge >= 0.3 is 0 Å². The third-order valence-electron chi connectivity index (χ3n) is 11.6. The van der Waals surface area contributed by atoms with Gasteiger partial charge < -0.3 is 33.9 Å². The van der Waals surface area contributed by atoms with Crippen molar-refractivity contribution in [3.8, 4) is 23.0 Å². The summed E-state index contributed by atoms with van der Waals surface area (Å²) in [6.07, 6.45) is 17.4. The number of ether oxygens (including phenoxy) is 5. The zero-order chi connectivity index (χ0) is 41.2. The number of hydrogen-bond donors (Lipinski definition) is 2. The lowest BCUT2D eigenvalue weighted by Crippen LogP contribution is -2.19. The van der Waals surface area contributed by atoms with E-state index < -0.39 is 0 Å². The molecule has 0 bridgehead atoms. The second-order valence-corrected chi connectivity index (χ2v) is 16.6. The maximum atomic E-state index is 11.3. The van der Waals surface area contributed by atoms with Crippen molar-refractivity contribution in [3.63, 3.8) is 0 Å². The minimum Gasteiger partial charge on any atom is -0.507 e. The number of aromatic hydroxyl groups is 2. The predicted molar refractivity (Wildman–Crippen MR) is 234 cm³/mol. The zero-order valence-corrected chi connectivity index (χ0v) is 36.3. The van der Waals surface area contributed by atoms with Gasteiger partial charge in [-0.2, -0.15) is 0 Å². The standard InChI is InChI=1S/C50H74O7/c1-9-11-13-15-39-31-45(51)49(43-29-37(7)17-19-41(43)35(3)4)47(33-39)56-27-25-54-23-21-53-22-24-55-26-28-57-48-34-40(16-14-12-10-2)32-46(52)50(48)44-30-38(8)18-20-42(44)36(5)6/h29-34,41-44,51-52H,3,5,9-28H2,1-2,4,6-8H3/t41-,42-,43+,44+/m0/s1. The fourth-order valence-corrected chi connectivity index (χ4v) is 8.47. The summed E-state index contributed by atoms with van der Waals surface area (Å²) in [4.78, 5) is 0. The van der Waals surface area contributed by atoms with Gasteiger partial charge in [0.15, 0.2) is 0 Å². The first kappa shape index (κ1) is 46.2. The highest BCUT2D eigenvalue weighted by molar-refractivity contribution is 5.54. The molecule has 0 unspecified atom stereocenters. The Kier molecular flexibility index (Phi) is 19.8. The second kappa shape index (κ2) is 24.4. The monoisotopic (exact) mass is 787 g/mol. The van der Waals surface area contributed by atoms with Crippen LogP contribution in [0.25, 0.3) is 0 Å². The molecule has 0 spiro atoms. The Morgan fingerprint density at radius 1 is 0.579 bits per heavy atom. The van der Waals surface area contributed by atoms with Crippen molar-refractivity contribution in [2.75, 3.05) is 52.9 Å². The molecule has 2 N–H and O–H groups in total. The maximum absolute atomic E-state index is 11.3. The van der Waals surface area contributed by atoms with Gasteiger partial charge in [0.05, 0.1) is 39.6 Å². The van der Waals surface area contributed by atoms with E-state index in [9.17, 15) is 10.2 Å². The molecular weight excluding hydrogens is 713 g/mol. The van der Waals surface area contributed by atoms with E-state index in [2.05, 4.69) is 79.0 Å². The summed E-state index contributed by atoms with van der Waals surface area (Å²) in [6, 6.07) is 8.10. The molecule has 0 aliphatic heterocycles. The van der Waals surface area contributed by atoms with Gasteiger partial charge in [-0.05, 0) is 126 Å². The van der Waals surface area contributed by atoms with Gasteiger partial charge in [-0.25, -0.2) is 0 Å². The quantitative estimate of drug-likeness (QED) is 0.0725. The first-order valence-corrected chi connectivity index (χ1v) is 21.9. The Morgan fingerprint density at radius 2 is 0.947 bits per heavy atom. The smallest absolute Gasteiger partial charge is 0.127 e. The van der Waals surface area contributed by atoms with E-state index in [1.807, 2.05) is 12.1 Å². The third kappa shape index (κ3) is 14.4. The highest BCUT2D eigenvalue weighted by Crippen LogP contribution is 2.48. The number of unbranched alkanes of at least 4 members (excludes halogenated alkanes) is 4. The van der Waals surface area contributed by atoms with E-state index in [1.54, 1.807) is 0 Å². The molecule has 0 fully saturated rings. The molecule has 4 rings (SSSR count). The van der Waals surface area contributed by atoms with Gasteiger partial charge in [-0.3, -0.25) is 0 Å². The Hall–Kier alpha value is -3.52. The summed E-state index contributed by atoms with van der Waals surface area (Å²) in [5.41, 5.74) is 8.87. The molecule has 7 nitrogen and oxygen atoms in total. The average molecular weight is 787 g/mol. The van der Waals surface area contributed by atoms with Gasteiger partial charge in [0.25, 0.3) is 0 Å². The molecule has 0 heterocycles. The van der Waals surface area contributed by atoms with Crippen LogP contribution < -0.4 is 9.47 Å². The fourth-order valence-electron chi connectivity index (χ4n) is 8.47. The molecular formula is C50H74O7. The lowest BCUT2D eigenvalue weighted by Gasteiger charge is -2.32. The molecule has 316 valence electrons. The zero-order valence-electron chi connectivity index (χ0n) is 36.3. The molecule has 0 amide bonds. The Balaban J connectivity index is 1.21. The molecule has 2 aliphatic carbocycles. The average Bonchev–Trinajstić information content (AvgIpc) is 3.16. The topological polar surface area (TPSA) is 86.6 Å². The number of aryl methyl sites for hydroxylation is 2.